The Morgan fingerprint density at radius 1 is 1.20 bits per heavy atom. The van der Waals surface area contributed by atoms with Gasteiger partial charge in [-0.2, -0.15) is 0 Å². The zero-order valence-electron chi connectivity index (χ0n) is 11.2. The van der Waals surface area contributed by atoms with Crippen molar-refractivity contribution < 1.29 is 9.13 Å². The van der Waals surface area contributed by atoms with Crippen LogP contribution in [0, 0.1) is 5.82 Å². The van der Waals surface area contributed by atoms with Gasteiger partial charge in [-0.1, -0.05) is 37.3 Å². The predicted molar refractivity (Wildman–Crippen MR) is 82.4 cm³/mol. The summed E-state index contributed by atoms with van der Waals surface area (Å²) in [6.45, 7) is 2.44. The van der Waals surface area contributed by atoms with E-state index in [1.165, 1.54) is 11.6 Å². The van der Waals surface area contributed by atoms with Crippen molar-refractivity contribution in [3.63, 3.8) is 0 Å². The molecule has 0 saturated carbocycles. The molecule has 0 radical (unpaired) electrons. The molecule has 0 atom stereocenters. The SMILES string of the molecule is CCc1cccc(OCc2ccc(F)c(C(N)=S)c2)c1. The molecule has 0 saturated heterocycles. The number of benzene rings is 2. The van der Waals surface area contributed by atoms with Crippen molar-refractivity contribution in [2.45, 2.75) is 20.0 Å². The van der Waals surface area contributed by atoms with Crippen molar-refractivity contribution in [2.75, 3.05) is 0 Å². The molecule has 2 nitrogen and oxygen atoms in total. The maximum absolute atomic E-state index is 13.5. The molecule has 0 spiro atoms. The summed E-state index contributed by atoms with van der Waals surface area (Å²) in [5, 5.41) is 0. The minimum atomic E-state index is -0.408. The van der Waals surface area contributed by atoms with Gasteiger partial charge in [0.25, 0.3) is 0 Å². The molecule has 2 N–H and O–H groups in total. The minimum Gasteiger partial charge on any atom is -0.489 e. The van der Waals surface area contributed by atoms with Gasteiger partial charge >= 0.3 is 0 Å². The van der Waals surface area contributed by atoms with Crippen molar-refractivity contribution in [3.05, 3.63) is 65.0 Å². The number of aryl methyl sites for hydroxylation is 1. The Labute approximate surface area is 123 Å². The highest BCUT2D eigenvalue weighted by molar-refractivity contribution is 7.80. The third-order valence-electron chi connectivity index (χ3n) is 3.01. The Morgan fingerprint density at radius 3 is 2.70 bits per heavy atom. The molecule has 0 heterocycles. The number of hydrogen-bond acceptors (Lipinski definition) is 2. The first kappa shape index (κ1) is 14.5. The Hall–Kier alpha value is -1.94. The summed E-state index contributed by atoms with van der Waals surface area (Å²) in [4.78, 5) is 0.0531. The highest BCUT2D eigenvalue weighted by Crippen LogP contribution is 2.17. The molecule has 0 fully saturated rings. The van der Waals surface area contributed by atoms with Gasteiger partial charge in [0.05, 0.1) is 0 Å². The maximum atomic E-state index is 13.5. The van der Waals surface area contributed by atoms with Gasteiger partial charge in [0.2, 0.25) is 0 Å². The molecule has 0 aromatic heterocycles. The van der Waals surface area contributed by atoms with Crippen LogP contribution in [-0.4, -0.2) is 4.99 Å². The molecule has 0 bridgehead atoms. The van der Waals surface area contributed by atoms with Crippen LogP contribution in [0.4, 0.5) is 4.39 Å². The van der Waals surface area contributed by atoms with E-state index in [2.05, 4.69) is 13.0 Å². The zero-order valence-corrected chi connectivity index (χ0v) is 12.0. The Balaban J connectivity index is 2.10. The molecular weight excluding hydrogens is 273 g/mol. The summed E-state index contributed by atoms with van der Waals surface area (Å²) < 4.78 is 19.2. The number of hydrogen-bond donors (Lipinski definition) is 1. The van der Waals surface area contributed by atoms with E-state index in [1.807, 2.05) is 18.2 Å². The van der Waals surface area contributed by atoms with E-state index >= 15 is 0 Å². The van der Waals surface area contributed by atoms with Crippen LogP contribution in [0.1, 0.15) is 23.6 Å². The lowest BCUT2D eigenvalue weighted by atomic mass is 10.1. The monoisotopic (exact) mass is 289 g/mol. The van der Waals surface area contributed by atoms with Crippen molar-refractivity contribution in [1.82, 2.24) is 0 Å². The van der Waals surface area contributed by atoms with Crippen molar-refractivity contribution in [3.8, 4) is 5.75 Å². The first-order valence-electron chi connectivity index (χ1n) is 6.40. The summed E-state index contributed by atoms with van der Waals surface area (Å²) >= 11 is 4.82. The van der Waals surface area contributed by atoms with Crippen LogP contribution >= 0.6 is 12.2 Å². The van der Waals surface area contributed by atoms with E-state index < -0.39 is 5.82 Å². The molecule has 20 heavy (non-hydrogen) atoms. The fraction of sp³-hybridized carbons (Fsp3) is 0.188. The van der Waals surface area contributed by atoms with Crippen LogP contribution in [0.5, 0.6) is 5.75 Å². The molecule has 0 unspecified atom stereocenters. The smallest absolute Gasteiger partial charge is 0.133 e. The summed E-state index contributed by atoms with van der Waals surface area (Å²) in [5.41, 5.74) is 7.78. The quantitative estimate of drug-likeness (QED) is 0.854. The van der Waals surface area contributed by atoms with Gasteiger partial charge in [-0.25, -0.2) is 4.39 Å². The molecule has 104 valence electrons. The lowest BCUT2D eigenvalue weighted by Crippen LogP contribution is -2.12. The fourth-order valence-corrected chi connectivity index (χ4v) is 2.03. The van der Waals surface area contributed by atoms with Crippen LogP contribution in [0.3, 0.4) is 0 Å². The second-order valence-electron chi connectivity index (χ2n) is 4.47. The van der Waals surface area contributed by atoms with E-state index in [0.29, 0.717) is 6.61 Å². The van der Waals surface area contributed by atoms with Gasteiger partial charge in [-0.3, -0.25) is 0 Å². The van der Waals surface area contributed by atoms with E-state index in [0.717, 1.165) is 17.7 Å². The van der Waals surface area contributed by atoms with Crippen molar-refractivity contribution >= 4 is 17.2 Å². The normalized spacial score (nSPS) is 10.3. The van der Waals surface area contributed by atoms with Gasteiger partial charge in [-0.05, 0) is 41.8 Å². The van der Waals surface area contributed by atoms with Gasteiger partial charge in [0, 0.05) is 5.56 Å². The Morgan fingerprint density at radius 2 is 2.00 bits per heavy atom. The van der Waals surface area contributed by atoms with Crippen LogP contribution < -0.4 is 10.5 Å². The first-order valence-corrected chi connectivity index (χ1v) is 6.81. The molecule has 2 aromatic carbocycles. The van der Waals surface area contributed by atoms with Gasteiger partial charge in [0.15, 0.2) is 0 Å². The third-order valence-corrected chi connectivity index (χ3v) is 3.23. The number of thiocarbonyl (C=S) groups is 1. The number of ether oxygens (including phenoxy) is 1. The summed E-state index contributed by atoms with van der Waals surface area (Å²) in [6.07, 6.45) is 0.958. The average molecular weight is 289 g/mol. The highest BCUT2D eigenvalue weighted by Gasteiger charge is 2.06. The standard InChI is InChI=1S/C16H16FNOS/c1-2-11-4-3-5-13(8-11)19-10-12-6-7-15(17)14(9-12)16(18)20/h3-9H,2,10H2,1H3,(H2,18,20). The molecule has 2 rings (SSSR count). The van der Waals surface area contributed by atoms with E-state index in [1.54, 1.807) is 12.1 Å². The molecule has 0 amide bonds. The lowest BCUT2D eigenvalue weighted by molar-refractivity contribution is 0.306. The average Bonchev–Trinajstić information content (AvgIpc) is 2.46. The van der Waals surface area contributed by atoms with Gasteiger partial charge in [-0.15, -0.1) is 0 Å². The van der Waals surface area contributed by atoms with Crippen molar-refractivity contribution in [2.24, 2.45) is 5.73 Å². The zero-order chi connectivity index (χ0) is 14.5. The lowest BCUT2D eigenvalue weighted by Gasteiger charge is -2.09. The number of halogens is 1. The molecule has 4 heteroatoms. The van der Waals surface area contributed by atoms with Gasteiger partial charge < -0.3 is 10.5 Å². The van der Waals surface area contributed by atoms with E-state index in [4.69, 9.17) is 22.7 Å². The number of rotatable bonds is 5. The summed E-state index contributed by atoms with van der Waals surface area (Å²) in [7, 11) is 0. The minimum absolute atomic E-state index is 0.0531. The Kier molecular flexibility index (Phi) is 4.69. The highest BCUT2D eigenvalue weighted by atomic mass is 32.1. The molecule has 0 aliphatic rings. The summed E-state index contributed by atoms with van der Waals surface area (Å²) in [6, 6.07) is 12.6. The van der Waals surface area contributed by atoms with Crippen LogP contribution in [0.25, 0.3) is 0 Å². The van der Waals surface area contributed by atoms with Crippen LogP contribution in [0.15, 0.2) is 42.5 Å². The molecule has 0 aliphatic carbocycles. The second kappa shape index (κ2) is 6.48. The van der Waals surface area contributed by atoms with E-state index in [-0.39, 0.29) is 10.6 Å². The van der Waals surface area contributed by atoms with Crippen LogP contribution in [0.2, 0.25) is 0 Å². The molecule has 2 aromatic rings. The Bertz CT molecular complexity index is 628. The second-order valence-corrected chi connectivity index (χ2v) is 4.91. The summed E-state index contributed by atoms with van der Waals surface area (Å²) in [5.74, 6) is 0.389. The fourth-order valence-electron chi connectivity index (χ4n) is 1.87. The third kappa shape index (κ3) is 3.54. The topological polar surface area (TPSA) is 35.2 Å². The van der Waals surface area contributed by atoms with E-state index in [9.17, 15) is 4.39 Å². The first-order chi connectivity index (χ1) is 9.60. The molecular formula is C16H16FNOS. The van der Waals surface area contributed by atoms with Gasteiger partial charge in [0.1, 0.15) is 23.2 Å². The maximum Gasteiger partial charge on any atom is 0.133 e. The molecule has 0 aliphatic heterocycles. The number of nitrogens with two attached hydrogens (primary N) is 1. The largest absolute Gasteiger partial charge is 0.489 e. The predicted octanol–water partition coefficient (Wildman–Crippen LogP) is 3.60. The van der Waals surface area contributed by atoms with Crippen LogP contribution in [-0.2, 0) is 13.0 Å². The van der Waals surface area contributed by atoms with Crippen molar-refractivity contribution in [1.29, 1.82) is 0 Å².